The van der Waals surface area contributed by atoms with Crippen LogP contribution in [0.15, 0.2) is 18.2 Å². The predicted molar refractivity (Wildman–Crippen MR) is 69.4 cm³/mol. The first kappa shape index (κ1) is 13.3. The number of hydrogen-bond acceptors (Lipinski definition) is 2. The Labute approximate surface area is 111 Å². The lowest BCUT2D eigenvalue weighted by Gasteiger charge is -2.32. The van der Waals surface area contributed by atoms with Gasteiger partial charge in [0.2, 0.25) is 0 Å². The molecule has 1 aliphatic rings. The zero-order valence-corrected chi connectivity index (χ0v) is 11.0. The van der Waals surface area contributed by atoms with Gasteiger partial charge in [0.25, 0.3) is 5.91 Å². The fourth-order valence-electron chi connectivity index (χ4n) is 2.23. The van der Waals surface area contributed by atoms with Gasteiger partial charge in [0.1, 0.15) is 5.82 Å². The number of carbonyl (C=O) groups is 1. The first-order chi connectivity index (χ1) is 8.61. The van der Waals surface area contributed by atoms with E-state index in [0.29, 0.717) is 18.1 Å². The topological polar surface area (TPSA) is 32.3 Å². The maximum absolute atomic E-state index is 13.7. The molecule has 18 heavy (non-hydrogen) atoms. The van der Waals surface area contributed by atoms with Crippen LogP contribution in [0.4, 0.5) is 4.39 Å². The van der Waals surface area contributed by atoms with Crippen LogP contribution in [0.3, 0.4) is 0 Å². The Kier molecular flexibility index (Phi) is 4.19. The average molecular weight is 271 g/mol. The fraction of sp³-hybridized carbons (Fsp3) is 0.462. The van der Waals surface area contributed by atoms with E-state index >= 15 is 0 Å². The van der Waals surface area contributed by atoms with Crippen LogP contribution in [0, 0.1) is 5.82 Å². The van der Waals surface area contributed by atoms with E-state index in [1.807, 2.05) is 7.05 Å². The van der Waals surface area contributed by atoms with E-state index in [4.69, 9.17) is 11.6 Å². The minimum Gasteiger partial charge on any atom is -0.337 e. The highest BCUT2D eigenvalue weighted by Crippen LogP contribution is 2.18. The van der Waals surface area contributed by atoms with Gasteiger partial charge in [0.15, 0.2) is 0 Å². The van der Waals surface area contributed by atoms with E-state index in [0.717, 1.165) is 12.8 Å². The summed E-state index contributed by atoms with van der Waals surface area (Å²) in [4.78, 5) is 13.9. The monoisotopic (exact) mass is 270 g/mol. The molecule has 0 aliphatic carbocycles. The Morgan fingerprint density at radius 3 is 3.00 bits per heavy atom. The minimum atomic E-state index is -0.556. The molecule has 2 rings (SSSR count). The summed E-state index contributed by atoms with van der Waals surface area (Å²) < 4.78 is 13.7. The number of piperidine rings is 1. The molecule has 98 valence electrons. The highest BCUT2D eigenvalue weighted by molar-refractivity contribution is 6.30. The van der Waals surface area contributed by atoms with Crippen LogP contribution in [0.1, 0.15) is 23.2 Å². The number of halogens is 2. The average Bonchev–Trinajstić information content (AvgIpc) is 2.38. The van der Waals surface area contributed by atoms with Crippen molar-refractivity contribution in [1.82, 2.24) is 10.2 Å². The first-order valence-corrected chi connectivity index (χ1v) is 6.41. The number of hydrogen-bond donors (Lipinski definition) is 1. The Morgan fingerprint density at radius 2 is 2.33 bits per heavy atom. The van der Waals surface area contributed by atoms with E-state index in [1.165, 1.54) is 18.2 Å². The standard InChI is InChI=1S/C13H16ClFN2O/c1-16-10-3-2-6-17(8-10)13(18)11-5-4-9(14)7-12(11)15/h4-5,7,10,16H,2-3,6,8H2,1H3/t10-/m1/s1. The summed E-state index contributed by atoms with van der Waals surface area (Å²) in [7, 11) is 1.88. The van der Waals surface area contributed by atoms with E-state index < -0.39 is 5.82 Å². The normalized spacial score (nSPS) is 19.9. The zero-order valence-electron chi connectivity index (χ0n) is 10.2. The molecular formula is C13H16ClFN2O. The van der Waals surface area contributed by atoms with Crippen molar-refractivity contribution in [2.75, 3.05) is 20.1 Å². The lowest BCUT2D eigenvalue weighted by Crippen LogP contribution is -2.47. The molecule has 1 atom stereocenters. The van der Waals surface area contributed by atoms with Crippen LogP contribution in [-0.4, -0.2) is 37.0 Å². The number of carbonyl (C=O) groups excluding carboxylic acids is 1. The molecule has 0 unspecified atom stereocenters. The molecule has 1 amide bonds. The summed E-state index contributed by atoms with van der Waals surface area (Å²) in [6.07, 6.45) is 1.98. The summed E-state index contributed by atoms with van der Waals surface area (Å²) in [6.45, 7) is 1.30. The van der Waals surface area contributed by atoms with Gasteiger partial charge in [-0.2, -0.15) is 0 Å². The maximum atomic E-state index is 13.7. The van der Waals surface area contributed by atoms with Gasteiger partial charge in [-0.1, -0.05) is 11.6 Å². The van der Waals surface area contributed by atoms with Crippen molar-refractivity contribution in [1.29, 1.82) is 0 Å². The summed E-state index contributed by atoms with van der Waals surface area (Å²) in [5, 5.41) is 3.46. The van der Waals surface area contributed by atoms with Crippen molar-refractivity contribution < 1.29 is 9.18 Å². The molecule has 1 saturated heterocycles. The Hall–Kier alpha value is -1.13. The molecule has 1 heterocycles. The molecule has 0 spiro atoms. The minimum absolute atomic E-state index is 0.0937. The van der Waals surface area contributed by atoms with Crippen LogP contribution >= 0.6 is 11.6 Å². The summed E-state index contributed by atoms with van der Waals surface area (Å²) in [5.41, 5.74) is 0.0937. The second-order valence-corrected chi connectivity index (χ2v) is 4.94. The zero-order chi connectivity index (χ0) is 13.1. The third-order valence-corrected chi connectivity index (χ3v) is 3.51. The van der Waals surface area contributed by atoms with E-state index in [-0.39, 0.29) is 17.5 Å². The molecule has 1 N–H and O–H groups in total. The second-order valence-electron chi connectivity index (χ2n) is 4.50. The Balaban J connectivity index is 2.15. The highest BCUT2D eigenvalue weighted by atomic mass is 35.5. The molecule has 1 fully saturated rings. The SMILES string of the molecule is CN[C@@H]1CCCN(C(=O)c2ccc(Cl)cc2F)C1. The summed E-state index contributed by atoms with van der Waals surface area (Å²) in [6, 6.07) is 4.45. The molecule has 1 aromatic rings. The molecule has 1 aliphatic heterocycles. The van der Waals surface area contributed by atoms with Gasteiger partial charge < -0.3 is 10.2 Å². The molecule has 0 aromatic heterocycles. The highest BCUT2D eigenvalue weighted by Gasteiger charge is 2.25. The number of likely N-dealkylation sites (tertiary alicyclic amines) is 1. The van der Waals surface area contributed by atoms with Gasteiger partial charge in [-0.15, -0.1) is 0 Å². The van der Waals surface area contributed by atoms with Gasteiger partial charge in [0.05, 0.1) is 5.56 Å². The van der Waals surface area contributed by atoms with Crippen molar-refractivity contribution in [3.05, 3.63) is 34.6 Å². The van der Waals surface area contributed by atoms with Crippen LogP contribution in [0.2, 0.25) is 5.02 Å². The first-order valence-electron chi connectivity index (χ1n) is 6.03. The molecule has 3 nitrogen and oxygen atoms in total. The van der Waals surface area contributed by atoms with Crippen LogP contribution in [0.5, 0.6) is 0 Å². The van der Waals surface area contributed by atoms with Crippen LogP contribution in [-0.2, 0) is 0 Å². The fourth-order valence-corrected chi connectivity index (χ4v) is 2.39. The molecular weight excluding hydrogens is 255 g/mol. The Morgan fingerprint density at radius 1 is 1.56 bits per heavy atom. The van der Waals surface area contributed by atoms with Crippen LogP contribution < -0.4 is 5.32 Å². The number of nitrogens with zero attached hydrogens (tertiary/aromatic N) is 1. The molecule has 5 heteroatoms. The Bertz CT molecular complexity index is 453. The van der Waals surface area contributed by atoms with Crippen molar-refractivity contribution in [2.45, 2.75) is 18.9 Å². The number of rotatable bonds is 2. The smallest absolute Gasteiger partial charge is 0.256 e. The lowest BCUT2D eigenvalue weighted by molar-refractivity contribution is 0.0693. The summed E-state index contributed by atoms with van der Waals surface area (Å²) >= 11 is 5.68. The largest absolute Gasteiger partial charge is 0.337 e. The van der Waals surface area contributed by atoms with Gasteiger partial charge in [-0.3, -0.25) is 4.79 Å². The molecule has 0 radical (unpaired) electrons. The number of likely N-dealkylation sites (N-methyl/N-ethyl adjacent to an activating group) is 1. The van der Waals surface area contributed by atoms with Crippen molar-refractivity contribution in [2.24, 2.45) is 0 Å². The van der Waals surface area contributed by atoms with Gasteiger partial charge >= 0.3 is 0 Å². The van der Waals surface area contributed by atoms with Gasteiger partial charge in [0, 0.05) is 24.2 Å². The quantitative estimate of drug-likeness (QED) is 0.894. The summed E-state index contributed by atoms with van der Waals surface area (Å²) in [5.74, 6) is -0.816. The van der Waals surface area contributed by atoms with Gasteiger partial charge in [-0.25, -0.2) is 4.39 Å². The van der Waals surface area contributed by atoms with Crippen LogP contribution in [0.25, 0.3) is 0 Å². The van der Waals surface area contributed by atoms with Crippen molar-refractivity contribution >= 4 is 17.5 Å². The molecule has 0 saturated carbocycles. The molecule has 0 bridgehead atoms. The second kappa shape index (κ2) is 5.67. The van der Waals surface area contributed by atoms with Crippen molar-refractivity contribution in [3.63, 3.8) is 0 Å². The molecule has 1 aromatic carbocycles. The third kappa shape index (κ3) is 2.82. The van der Waals surface area contributed by atoms with Crippen molar-refractivity contribution in [3.8, 4) is 0 Å². The van der Waals surface area contributed by atoms with Gasteiger partial charge in [-0.05, 0) is 38.1 Å². The number of benzene rings is 1. The third-order valence-electron chi connectivity index (χ3n) is 3.28. The van der Waals surface area contributed by atoms with E-state index in [9.17, 15) is 9.18 Å². The predicted octanol–water partition coefficient (Wildman–Crippen LogP) is 2.30. The lowest BCUT2D eigenvalue weighted by atomic mass is 10.0. The van der Waals surface area contributed by atoms with E-state index in [1.54, 1.807) is 4.90 Å². The number of amides is 1. The maximum Gasteiger partial charge on any atom is 0.256 e. The number of nitrogens with one attached hydrogen (secondary N) is 1. The van der Waals surface area contributed by atoms with E-state index in [2.05, 4.69) is 5.32 Å².